The smallest absolute Gasteiger partial charge is 0.0992 e. The average Bonchev–Trinajstić information content (AvgIpc) is 3.45. The second-order valence-electron chi connectivity index (χ2n) is 8.83. The van der Waals surface area contributed by atoms with Gasteiger partial charge in [-0.3, -0.25) is 0 Å². The quantitative estimate of drug-likeness (QED) is 0.272. The first kappa shape index (κ1) is 19.4. The monoisotopic (exact) mass is 443 g/mol. The standard InChI is InChI=1S/C32H17N3/c33-18-20-14-26(22-8-3-1-4-9-22)30-24-12-7-13-25-31-27(23-10-5-2-6-11-23)15-21(19-34)17-29(31)35(32(24)25)28(30)16-20/h1-17H. The molecule has 35 heavy (non-hydrogen) atoms. The van der Waals surface area contributed by atoms with E-state index in [-0.39, 0.29) is 0 Å². The summed E-state index contributed by atoms with van der Waals surface area (Å²) in [5, 5.41) is 24.3. The molecule has 2 aromatic heterocycles. The Labute approximate surface area is 201 Å². The maximum Gasteiger partial charge on any atom is 0.0992 e. The van der Waals surface area contributed by atoms with E-state index in [0.717, 1.165) is 60.3 Å². The second-order valence-corrected chi connectivity index (χ2v) is 8.83. The molecule has 7 rings (SSSR count). The molecule has 0 unspecified atom stereocenters. The summed E-state index contributed by atoms with van der Waals surface area (Å²) in [5.74, 6) is 0. The summed E-state index contributed by atoms with van der Waals surface area (Å²) in [5.41, 5.74) is 8.57. The van der Waals surface area contributed by atoms with E-state index < -0.39 is 0 Å². The maximum atomic E-state index is 9.89. The lowest BCUT2D eigenvalue weighted by atomic mass is 9.94. The molecule has 160 valence electrons. The van der Waals surface area contributed by atoms with Crippen LogP contribution in [0.5, 0.6) is 0 Å². The third kappa shape index (κ3) is 2.64. The van der Waals surface area contributed by atoms with Gasteiger partial charge < -0.3 is 4.40 Å². The minimum Gasteiger partial charge on any atom is -0.308 e. The third-order valence-corrected chi connectivity index (χ3v) is 6.94. The molecule has 0 N–H and O–H groups in total. The molecule has 0 spiro atoms. The highest BCUT2D eigenvalue weighted by Gasteiger charge is 2.22. The van der Waals surface area contributed by atoms with Gasteiger partial charge in [-0.1, -0.05) is 78.9 Å². The van der Waals surface area contributed by atoms with Gasteiger partial charge in [-0.25, -0.2) is 0 Å². The van der Waals surface area contributed by atoms with E-state index in [9.17, 15) is 10.5 Å². The van der Waals surface area contributed by atoms with Gasteiger partial charge in [0.05, 0.1) is 39.8 Å². The number of rotatable bonds is 2. The molecule has 5 aromatic carbocycles. The van der Waals surface area contributed by atoms with Crippen molar-refractivity contribution in [3.63, 3.8) is 0 Å². The molecule has 0 amide bonds. The number of fused-ring (bicyclic) bond motifs is 6. The van der Waals surface area contributed by atoms with Crippen molar-refractivity contribution in [1.82, 2.24) is 4.40 Å². The van der Waals surface area contributed by atoms with Gasteiger partial charge >= 0.3 is 0 Å². The van der Waals surface area contributed by atoms with Crippen molar-refractivity contribution < 1.29 is 0 Å². The van der Waals surface area contributed by atoms with Crippen LogP contribution in [0.15, 0.2) is 103 Å². The molecular weight excluding hydrogens is 426 g/mol. The molecule has 0 bridgehead atoms. The molecule has 0 saturated carbocycles. The fourth-order valence-electron chi connectivity index (χ4n) is 5.55. The minimum absolute atomic E-state index is 0.616. The zero-order chi connectivity index (χ0) is 23.5. The number of nitrogens with zero attached hydrogens (tertiary/aromatic N) is 3. The lowest BCUT2D eigenvalue weighted by Crippen LogP contribution is -1.88. The van der Waals surface area contributed by atoms with E-state index in [1.165, 1.54) is 0 Å². The Morgan fingerprint density at radius 3 is 1.40 bits per heavy atom. The molecule has 0 radical (unpaired) electrons. The fourth-order valence-corrected chi connectivity index (χ4v) is 5.55. The summed E-state index contributed by atoms with van der Waals surface area (Å²) >= 11 is 0. The predicted molar refractivity (Wildman–Crippen MR) is 141 cm³/mol. The highest BCUT2D eigenvalue weighted by atomic mass is 14.9. The lowest BCUT2D eigenvalue weighted by molar-refractivity contribution is 1.36. The van der Waals surface area contributed by atoms with Crippen molar-refractivity contribution in [2.45, 2.75) is 0 Å². The predicted octanol–water partition coefficient (Wildman–Crippen LogP) is 7.91. The van der Waals surface area contributed by atoms with Gasteiger partial charge in [0.25, 0.3) is 0 Å². The van der Waals surface area contributed by atoms with Gasteiger partial charge in [0.1, 0.15) is 0 Å². The van der Waals surface area contributed by atoms with Crippen molar-refractivity contribution in [2.24, 2.45) is 0 Å². The minimum atomic E-state index is 0.616. The molecule has 2 heterocycles. The highest BCUT2D eigenvalue weighted by Crippen LogP contribution is 2.45. The van der Waals surface area contributed by atoms with E-state index in [1.807, 2.05) is 60.7 Å². The van der Waals surface area contributed by atoms with Gasteiger partial charge in [-0.2, -0.15) is 10.5 Å². The Kier molecular flexibility index (Phi) is 3.98. The van der Waals surface area contributed by atoms with Crippen molar-refractivity contribution in [1.29, 1.82) is 10.5 Å². The van der Waals surface area contributed by atoms with Crippen molar-refractivity contribution in [3.05, 3.63) is 114 Å². The first-order valence-electron chi connectivity index (χ1n) is 11.5. The van der Waals surface area contributed by atoms with Crippen molar-refractivity contribution in [3.8, 4) is 34.4 Å². The van der Waals surface area contributed by atoms with Gasteiger partial charge in [0.2, 0.25) is 0 Å². The number of benzene rings is 5. The van der Waals surface area contributed by atoms with E-state index in [0.29, 0.717) is 11.1 Å². The molecule has 0 atom stereocenters. The maximum absolute atomic E-state index is 9.89. The number of para-hydroxylation sites is 1. The first-order valence-corrected chi connectivity index (χ1v) is 11.5. The van der Waals surface area contributed by atoms with Crippen LogP contribution in [-0.2, 0) is 0 Å². The Morgan fingerprint density at radius 1 is 0.514 bits per heavy atom. The largest absolute Gasteiger partial charge is 0.308 e. The summed E-state index contributed by atoms with van der Waals surface area (Å²) in [7, 11) is 0. The van der Waals surface area contributed by atoms with E-state index >= 15 is 0 Å². The Bertz CT molecular complexity index is 1860. The van der Waals surface area contributed by atoms with Gasteiger partial charge in [0.15, 0.2) is 0 Å². The van der Waals surface area contributed by atoms with Gasteiger partial charge in [-0.05, 0) is 46.5 Å². The van der Waals surface area contributed by atoms with Crippen LogP contribution in [0.25, 0.3) is 60.3 Å². The van der Waals surface area contributed by atoms with Crippen LogP contribution in [0.3, 0.4) is 0 Å². The molecule has 3 heteroatoms. The normalized spacial score (nSPS) is 11.4. The Balaban J connectivity index is 1.75. The zero-order valence-electron chi connectivity index (χ0n) is 18.7. The number of hydrogen-bond donors (Lipinski definition) is 0. The van der Waals surface area contributed by atoms with Crippen LogP contribution in [-0.4, -0.2) is 4.40 Å². The van der Waals surface area contributed by atoms with Gasteiger partial charge in [-0.15, -0.1) is 0 Å². The van der Waals surface area contributed by atoms with Crippen LogP contribution in [0, 0.1) is 22.7 Å². The van der Waals surface area contributed by atoms with Gasteiger partial charge in [0, 0.05) is 21.5 Å². The summed E-state index contributed by atoms with van der Waals surface area (Å²) in [6.07, 6.45) is 0. The van der Waals surface area contributed by atoms with E-state index in [1.54, 1.807) is 0 Å². The first-order chi connectivity index (χ1) is 17.3. The average molecular weight is 444 g/mol. The molecular formula is C32H17N3. The van der Waals surface area contributed by atoms with Crippen molar-refractivity contribution >= 4 is 38.1 Å². The number of aromatic nitrogens is 1. The van der Waals surface area contributed by atoms with Crippen LogP contribution < -0.4 is 0 Å². The molecule has 7 aromatic rings. The number of hydrogen-bond acceptors (Lipinski definition) is 2. The Hall–Kier alpha value is -5.12. The zero-order valence-corrected chi connectivity index (χ0v) is 18.7. The summed E-state index contributed by atoms with van der Waals surface area (Å²) in [6, 6.07) is 39.5. The van der Waals surface area contributed by atoms with Crippen LogP contribution >= 0.6 is 0 Å². The molecule has 0 saturated heterocycles. The lowest BCUT2D eigenvalue weighted by Gasteiger charge is -2.09. The molecule has 0 fully saturated rings. The summed E-state index contributed by atoms with van der Waals surface area (Å²) < 4.78 is 2.25. The summed E-state index contributed by atoms with van der Waals surface area (Å²) in [4.78, 5) is 0. The molecule has 0 aliphatic carbocycles. The SMILES string of the molecule is N#Cc1cc(-c2ccccc2)c2c3cccc4c5c(-c6ccccc6)cc(C#N)cc5n(c2c1)c34. The van der Waals surface area contributed by atoms with Crippen LogP contribution in [0.4, 0.5) is 0 Å². The highest BCUT2D eigenvalue weighted by molar-refractivity contribution is 6.28. The van der Waals surface area contributed by atoms with E-state index in [4.69, 9.17) is 0 Å². The molecule has 3 nitrogen and oxygen atoms in total. The molecule has 0 aliphatic rings. The topological polar surface area (TPSA) is 52.0 Å². The third-order valence-electron chi connectivity index (χ3n) is 6.94. The van der Waals surface area contributed by atoms with E-state index in [2.05, 4.69) is 59.0 Å². The molecule has 0 aliphatic heterocycles. The number of nitriles is 2. The van der Waals surface area contributed by atoms with Crippen LogP contribution in [0.1, 0.15) is 11.1 Å². The Morgan fingerprint density at radius 2 is 0.971 bits per heavy atom. The fraction of sp³-hybridized carbons (Fsp3) is 0. The van der Waals surface area contributed by atoms with Crippen molar-refractivity contribution in [2.75, 3.05) is 0 Å². The van der Waals surface area contributed by atoms with Crippen LogP contribution in [0.2, 0.25) is 0 Å². The second kappa shape index (κ2) is 7.19. The summed E-state index contributed by atoms with van der Waals surface area (Å²) in [6.45, 7) is 0.